The molecule has 0 rings (SSSR count). The normalized spacial score (nSPS) is 8.38. The van der Waals surface area contributed by atoms with E-state index < -0.39 is 5.97 Å². The molecule has 0 aliphatic rings. The Morgan fingerprint density at radius 2 is 2.12 bits per heavy atom. The Hall–Kier alpha value is 0.430. The smallest absolute Gasteiger partial charge is 1.00 e. The van der Waals surface area contributed by atoms with Gasteiger partial charge in [0.1, 0.15) is 0 Å². The molecule has 1 N–H and O–H groups in total. The van der Waals surface area contributed by atoms with Crippen LogP contribution in [0, 0.1) is 0 Å². The Bertz CT molecular complexity index is 79.0. The summed E-state index contributed by atoms with van der Waals surface area (Å²) in [5.74, 6) is -0.787. The van der Waals surface area contributed by atoms with Crippen LogP contribution in [0.5, 0.6) is 0 Å². The molecule has 0 aliphatic carbocycles. The average molecular weight is 127 g/mol. The van der Waals surface area contributed by atoms with Gasteiger partial charge in [-0.1, -0.05) is 0 Å². The molecule has 0 bridgehead atoms. The molecule has 0 saturated heterocycles. The first-order valence-electron chi connectivity index (χ1n) is 1.99. The van der Waals surface area contributed by atoms with Crippen LogP contribution in [0.15, 0.2) is 0 Å². The van der Waals surface area contributed by atoms with Crippen LogP contribution in [-0.4, -0.2) is 36.6 Å². The summed E-state index contributed by atoms with van der Waals surface area (Å²) in [5.41, 5.74) is 0. The summed E-state index contributed by atoms with van der Waals surface area (Å²) in [5, 5.41) is 8.04. The van der Waals surface area contributed by atoms with Gasteiger partial charge in [0.05, 0.1) is 6.54 Å². The molecule has 3 nitrogen and oxygen atoms in total. The van der Waals surface area contributed by atoms with E-state index in [1.54, 1.807) is 19.0 Å². The largest absolute Gasteiger partial charge is 1.00 e. The molecule has 0 radical (unpaired) electrons. The summed E-state index contributed by atoms with van der Waals surface area (Å²) in [4.78, 5) is 11.4. The summed E-state index contributed by atoms with van der Waals surface area (Å²) in [6.07, 6.45) is 0. The maximum absolute atomic E-state index is 9.77. The van der Waals surface area contributed by atoms with E-state index in [0.29, 0.717) is 0 Å². The molecule has 0 heterocycles. The van der Waals surface area contributed by atoms with Gasteiger partial charge in [0.2, 0.25) is 0 Å². The number of carbonyl (C=O) groups is 1. The van der Waals surface area contributed by atoms with Crippen LogP contribution in [0.25, 0.3) is 0 Å². The van der Waals surface area contributed by atoms with Gasteiger partial charge in [0.15, 0.2) is 0 Å². The molecule has 0 fully saturated rings. The van der Waals surface area contributed by atoms with E-state index in [0.717, 1.165) is 0 Å². The first kappa shape index (κ1) is 11.3. The molecule has 0 unspecified atom stereocenters. The maximum Gasteiger partial charge on any atom is 1.00 e. The average Bonchev–Trinajstić information content (AvgIpc) is 1.27. The van der Waals surface area contributed by atoms with Gasteiger partial charge >= 0.3 is 35.5 Å². The zero-order valence-corrected chi connectivity index (χ0v) is 7.51. The van der Waals surface area contributed by atoms with Crippen LogP contribution in [0.4, 0.5) is 0 Å². The van der Waals surface area contributed by atoms with Gasteiger partial charge in [-0.05, 0) is 14.1 Å². The molecular formula is C4H10NNaO2. The van der Waals surface area contributed by atoms with Crippen molar-refractivity contribution in [3.05, 3.63) is 0 Å². The van der Waals surface area contributed by atoms with Gasteiger partial charge in [-0.3, -0.25) is 9.69 Å². The Kier molecular flexibility index (Phi) is 7.83. The van der Waals surface area contributed by atoms with Crippen molar-refractivity contribution in [3.63, 3.8) is 0 Å². The second-order valence-corrected chi connectivity index (χ2v) is 1.63. The van der Waals surface area contributed by atoms with Gasteiger partial charge in [0.25, 0.3) is 0 Å². The summed E-state index contributed by atoms with van der Waals surface area (Å²) in [6, 6.07) is 0. The maximum atomic E-state index is 9.77. The molecule has 44 valence electrons. The minimum Gasteiger partial charge on any atom is -1.00 e. The van der Waals surface area contributed by atoms with Crippen molar-refractivity contribution >= 4 is 5.97 Å². The number of aliphatic carboxylic acids is 1. The second-order valence-electron chi connectivity index (χ2n) is 1.63. The SMILES string of the molecule is CN(C)CC(=O)O.[H-].[Na+]. The zero-order chi connectivity index (χ0) is 5.86. The van der Waals surface area contributed by atoms with E-state index in [1.165, 1.54) is 0 Å². The van der Waals surface area contributed by atoms with Crippen LogP contribution in [0.2, 0.25) is 0 Å². The van der Waals surface area contributed by atoms with E-state index in [2.05, 4.69) is 0 Å². The molecule has 0 aromatic carbocycles. The van der Waals surface area contributed by atoms with Crippen LogP contribution in [0.1, 0.15) is 1.43 Å². The van der Waals surface area contributed by atoms with E-state index in [1.807, 2.05) is 0 Å². The molecule has 0 saturated carbocycles. The van der Waals surface area contributed by atoms with Gasteiger partial charge in [0, 0.05) is 0 Å². The Morgan fingerprint density at radius 3 is 2.12 bits per heavy atom. The summed E-state index contributed by atoms with van der Waals surface area (Å²) in [7, 11) is 3.43. The van der Waals surface area contributed by atoms with Crippen LogP contribution in [0.3, 0.4) is 0 Å². The van der Waals surface area contributed by atoms with Crippen molar-refractivity contribution in [1.82, 2.24) is 4.90 Å². The predicted molar refractivity (Wildman–Crippen MR) is 27.3 cm³/mol. The van der Waals surface area contributed by atoms with Gasteiger partial charge in [-0.25, -0.2) is 0 Å². The first-order chi connectivity index (χ1) is 3.13. The Labute approximate surface area is 72.4 Å². The number of carboxylic acid groups (broad SMARTS) is 1. The molecule has 0 aliphatic heterocycles. The Balaban J connectivity index is -0.000000180. The number of hydrogen-bond donors (Lipinski definition) is 1. The van der Waals surface area contributed by atoms with Crippen molar-refractivity contribution in [2.75, 3.05) is 20.6 Å². The first-order valence-corrected chi connectivity index (χ1v) is 1.99. The van der Waals surface area contributed by atoms with E-state index in [9.17, 15) is 4.79 Å². The third kappa shape index (κ3) is 9.66. The molecule has 0 atom stereocenters. The molecule has 0 amide bonds. The Morgan fingerprint density at radius 1 is 1.75 bits per heavy atom. The monoisotopic (exact) mass is 127 g/mol. The van der Waals surface area contributed by atoms with Gasteiger partial charge in [-0.15, -0.1) is 0 Å². The molecule has 0 spiro atoms. The minimum atomic E-state index is -0.787. The van der Waals surface area contributed by atoms with E-state index >= 15 is 0 Å². The molecule has 4 heteroatoms. The number of carboxylic acids is 1. The van der Waals surface area contributed by atoms with Crippen LogP contribution >= 0.6 is 0 Å². The van der Waals surface area contributed by atoms with Gasteiger partial charge in [-0.2, -0.15) is 0 Å². The fraction of sp³-hybridized carbons (Fsp3) is 0.750. The summed E-state index contributed by atoms with van der Waals surface area (Å²) in [6.45, 7) is 0.111. The van der Waals surface area contributed by atoms with Crippen molar-refractivity contribution in [1.29, 1.82) is 0 Å². The predicted octanol–water partition coefficient (Wildman–Crippen LogP) is -3.25. The molecule has 0 aromatic heterocycles. The molecule has 8 heavy (non-hydrogen) atoms. The van der Waals surface area contributed by atoms with Crippen LogP contribution in [-0.2, 0) is 4.79 Å². The second kappa shape index (κ2) is 5.56. The topological polar surface area (TPSA) is 40.5 Å². The molecular weight excluding hydrogens is 117 g/mol. The number of rotatable bonds is 2. The minimum absolute atomic E-state index is 0. The number of hydrogen-bond acceptors (Lipinski definition) is 2. The van der Waals surface area contributed by atoms with Crippen molar-refractivity contribution in [2.45, 2.75) is 0 Å². The summed E-state index contributed by atoms with van der Waals surface area (Å²) >= 11 is 0. The van der Waals surface area contributed by atoms with Crippen molar-refractivity contribution in [2.24, 2.45) is 0 Å². The van der Waals surface area contributed by atoms with E-state index in [4.69, 9.17) is 5.11 Å². The van der Waals surface area contributed by atoms with Crippen molar-refractivity contribution in [3.8, 4) is 0 Å². The van der Waals surface area contributed by atoms with Gasteiger partial charge < -0.3 is 6.53 Å². The third-order valence-corrected chi connectivity index (χ3v) is 0.451. The van der Waals surface area contributed by atoms with E-state index in [-0.39, 0.29) is 37.5 Å². The number of nitrogens with zero attached hydrogens (tertiary/aromatic N) is 1. The standard InChI is InChI=1S/C4H9NO2.Na.H/c1-5(2)3-4(6)7;;/h3H2,1-2H3,(H,6,7);;/q;+1;-1. The fourth-order valence-corrected chi connectivity index (χ4v) is 0.271. The third-order valence-electron chi connectivity index (χ3n) is 0.451. The van der Waals surface area contributed by atoms with Crippen LogP contribution < -0.4 is 29.6 Å². The fourth-order valence-electron chi connectivity index (χ4n) is 0.271. The van der Waals surface area contributed by atoms with Crippen molar-refractivity contribution < 1.29 is 40.9 Å². The summed E-state index contributed by atoms with van der Waals surface area (Å²) < 4.78 is 0. The zero-order valence-electron chi connectivity index (χ0n) is 6.51. The molecule has 0 aromatic rings. The quantitative estimate of drug-likeness (QED) is 0.396. The number of likely N-dealkylation sites (N-methyl/N-ethyl adjacent to an activating group) is 1.